The van der Waals surface area contributed by atoms with Crippen molar-refractivity contribution < 1.29 is 0 Å². The Kier molecular flexibility index (Phi) is 2.59. The molecule has 0 N–H and O–H groups in total. The van der Waals surface area contributed by atoms with Crippen molar-refractivity contribution >= 4 is 43.1 Å². The van der Waals surface area contributed by atoms with Crippen molar-refractivity contribution in [1.29, 1.82) is 0 Å². The van der Waals surface area contributed by atoms with E-state index in [1.807, 2.05) is 0 Å². The molecule has 1 aliphatic carbocycles. The summed E-state index contributed by atoms with van der Waals surface area (Å²) in [7, 11) is 0. The van der Waals surface area contributed by atoms with Crippen molar-refractivity contribution in [3.05, 3.63) is 84.4 Å². The van der Waals surface area contributed by atoms with Crippen molar-refractivity contribution in [3.8, 4) is 0 Å². The second kappa shape index (κ2) is 4.83. The van der Waals surface area contributed by atoms with Crippen LogP contribution in [0, 0.1) is 0 Å². The lowest BCUT2D eigenvalue weighted by atomic mass is 9.91. The Hall–Kier alpha value is -2.86. The zero-order valence-electron chi connectivity index (χ0n) is 14.0. The van der Waals surface area contributed by atoms with Gasteiger partial charge in [0.15, 0.2) is 0 Å². The van der Waals surface area contributed by atoms with Gasteiger partial charge in [0.25, 0.3) is 0 Å². The van der Waals surface area contributed by atoms with E-state index in [0.29, 0.717) is 0 Å². The predicted molar refractivity (Wildman–Crippen MR) is 108 cm³/mol. The van der Waals surface area contributed by atoms with Crippen LogP contribution in [0.4, 0.5) is 0 Å². The summed E-state index contributed by atoms with van der Waals surface area (Å²) >= 11 is 0. The normalized spacial score (nSPS) is 14.7. The van der Waals surface area contributed by atoms with E-state index < -0.39 is 0 Å². The molecule has 0 heteroatoms. The van der Waals surface area contributed by atoms with Gasteiger partial charge in [0.2, 0.25) is 0 Å². The molecule has 0 heterocycles. The molecule has 1 aliphatic rings. The number of rotatable bonds is 1. The fourth-order valence-electron chi connectivity index (χ4n) is 4.46. The first-order valence-corrected chi connectivity index (χ1v) is 9.16. The second-order valence-electron chi connectivity index (χ2n) is 7.33. The number of hydrogen-bond donors (Lipinski definition) is 0. The maximum atomic E-state index is 2.35. The first kappa shape index (κ1) is 13.4. The number of fused-ring (bicyclic) bond motifs is 7. The second-order valence-corrected chi connectivity index (χ2v) is 7.33. The van der Waals surface area contributed by atoms with Gasteiger partial charge in [-0.15, -0.1) is 0 Å². The third kappa shape index (κ3) is 1.88. The lowest BCUT2D eigenvalue weighted by Gasteiger charge is -2.12. The molecule has 5 aromatic carbocycles. The largest absolute Gasteiger partial charge is 0.0616 e. The first-order chi connectivity index (χ1) is 12.4. The van der Waals surface area contributed by atoms with Gasteiger partial charge in [0, 0.05) is 0 Å². The molecule has 0 nitrogen and oxygen atoms in total. The molecule has 0 bridgehead atoms. The van der Waals surface area contributed by atoms with E-state index in [0.717, 1.165) is 5.92 Å². The van der Waals surface area contributed by atoms with Crippen molar-refractivity contribution in [3.63, 3.8) is 0 Å². The van der Waals surface area contributed by atoms with Gasteiger partial charge in [-0.1, -0.05) is 78.9 Å². The van der Waals surface area contributed by atoms with Gasteiger partial charge in [-0.2, -0.15) is 0 Å². The maximum Gasteiger partial charge on any atom is -0.00703 e. The summed E-state index contributed by atoms with van der Waals surface area (Å²) in [6.45, 7) is 0. The van der Waals surface area contributed by atoms with Crippen LogP contribution in [0.3, 0.4) is 0 Å². The molecule has 0 radical (unpaired) electrons. The zero-order chi connectivity index (χ0) is 16.4. The van der Waals surface area contributed by atoms with Gasteiger partial charge in [0.1, 0.15) is 0 Å². The van der Waals surface area contributed by atoms with Crippen LogP contribution in [0.15, 0.2) is 78.9 Å². The van der Waals surface area contributed by atoms with Crippen LogP contribution in [0.1, 0.15) is 24.3 Å². The Morgan fingerprint density at radius 2 is 1.12 bits per heavy atom. The van der Waals surface area contributed by atoms with Crippen molar-refractivity contribution in [1.82, 2.24) is 0 Å². The summed E-state index contributed by atoms with van der Waals surface area (Å²) in [6.07, 6.45) is 2.68. The van der Waals surface area contributed by atoms with Crippen LogP contribution >= 0.6 is 0 Å². The summed E-state index contributed by atoms with van der Waals surface area (Å²) < 4.78 is 0. The summed E-state index contributed by atoms with van der Waals surface area (Å²) in [5.41, 5.74) is 1.54. The molecular formula is C25H18. The zero-order valence-corrected chi connectivity index (χ0v) is 14.0. The lowest BCUT2D eigenvalue weighted by molar-refractivity contribution is 1.15. The Morgan fingerprint density at radius 1 is 0.480 bits per heavy atom. The standard InChI is InChI=1S/C25H18/c1-2-6-19-16(4-1)10-12-22-21(19)14-15-24-23(22)13-11-18-5-3-7-20(25(18)24)17-8-9-17/h1-7,10-15,17H,8-9H2. The van der Waals surface area contributed by atoms with Crippen LogP contribution in [0.2, 0.25) is 0 Å². The molecule has 1 saturated carbocycles. The lowest BCUT2D eigenvalue weighted by Crippen LogP contribution is -1.87. The molecule has 6 rings (SSSR count). The van der Waals surface area contributed by atoms with Crippen LogP contribution in [0.5, 0.6) is 0 Å². The fourth-order valence-corrected chi connectivity index (χ4v) is 4.46. The van der Waals surface area contributed by atoms with Crippen molar-refractivity contribution in [2.24, 2.45) is 0 Å². The Labute approximate surface area is 146 Å². The Morgan fingerprint density at radius 3 is 2.00 bits per heavy atom. The van der Waals surface area contributed by atoms with Crippen molar-refractivity contribution in [2.75, 3.05) is 0 Å². The van der Waals surface area contributed by atoms with Crippen LogP contribution in [0.25, 0.3) is 43.1 Å². The van der Waals surface area contributed by atoms with E-state index in [1.54, 1.807) is 5.56 Å². The maximum absolute atomic E-state index is 2.35. The molecule has 0 spiro atoms. The minimum atomic E-state index is 0.765. The summed E-state index contributed by atoms with van der Waals surface area (Å²) in [6, 6.07) is 29.3. The molecule has 0 aromatic heterocycles. The molecule has 0 aliphatic heterocycles. The molecule has 1 fully saturated rings. The highest BCUT2D eigenvalue weighted by atomic mass is 14.3. The van der Waals surface area contributed by atoms with Gasteiger partial charge in [-0.3, -0.25) is 0 Å². The van der Waals surface area contributed by atoms with E-state index in [9.17, 15) is 0 Å². The minimum absolute atomic E-state index is 0.765. The molecule has 25 heavy (non-hydrogen) atoms. The fraction of sp³-hybridized carbons (Fsp3) is 0.120. The highest BCUT2D eigenvalue weighted by molar-refractivity contribution is 6.22. The Balaban J connectivity index is 1.82. The van der Waals surface area contributed by atoms with Crippen LogP contribution < -0.4 is 0 Å². The highest BCUT2D eigenvalue weighted by Crippen LogP contribution is 2.45. The van der Waals surface area contributed by atoms with Gasteiger partial charge in [-0.25, -0.2) is 0 Å². The van der Waals surface area contributed by atoms with Crippen molar-refractivity contribution in [2.45, 2.75) is 18.8 Å². The molecule has 0 saturated heterocycles. The van der Waals surface area contributed by atoms with E-state index in [4.69, 9.17) is 0 Å². The predicted octanol–water partition coefficient (Wildman–Crippen LogP) is 7.18. The highest BCUT2D eigenvalue weighted by Gasteiger charge is 2.25. The summed E-state index contributed by atoms with van der Waals surface area (Å²) in [4.78, 5) is 0. The third-order valence-corrected chi connectivity index (χ3v) is 5.81. The number of benzene rings is 5. The number of hydrogen-bond acceptors (Lipinski definition) is 0. The van der Waals surface area contributed by atoms with E-state index in [-0.39, 0.29) is 0 Å². The topological polar surface area (TPSA) is 0 Å². The van der Waals surface area contributed by atoms with Crippen LogP contribution in [-0.4, -0.2) is 0 Å². The van der Waals surface area contributed by atoms with E-state index in [1.165, 1.54) is 55.9 Å². The molecule has 118 valence electrons. The third-order valence-electron chi connectivity index (χ3n) is 5.81. The SMILES string of the molecule is c1ccc2c(c1)ccc1c2ccc2c1ccc1cccc(C3CC3)c12. The molecular weight excluding hydrogens is 300 g/mol. The average molecular weight is 318 g/mol. The first-order valence-electron chi connectivity index (χ1n) is 9.16. The van der Waals surface area contributed by atoms with Crippen LogP contribution in [-0.2, 0) is 0 Å². The quantitative estimate of drug-likeness (QED) is 0.287. The van der Waals surface area contributed by atoms with Gasteiger partial charge >= 0.3 is 0 Å². The smallest absolute Gasteiger partial charge is 0.00703 e. The summed E-state index contributed by atoms with van der Waals surface area (Å²) in [5, 5.41) is 11.0. The molecule has 0 unspecified atom stereocenters. The molecule has 0 atom stereocenters. The van der Waals surface area contributed by atoms with Gasteiger partial charge in [-0.05, 0) is 67.4 Å². The summed E-state index contributed by atoms with van der Waals surface area (Å²) in [5.74, 6) is 0.765. The van der Waals surface area contributed by atoms with Gasteiger partial charge in [0.05, 0.1) is 0 Å². The van der Waals surface area contributed by atoms with Gasteiger partial charge < -0.3 is 0 Å². The average Bonchev–Trinajstić information content (AvgIpc) is 3.51. The minimum Gasteiger partial charge on any atom is -0.0616 e. The molecule has 0 amide bonds. The Bertz CT molecular complexity index is 1290. The van der Waals surface area contributed by atoms with E-state index >= 15 is 0 Å². The van der Waals surface area contributed by atoms with E-state index in [2.05, 4.69) is 78.9 Å². The molecule has 5 aromatic rings. The monoisotopic (exact) mass is 318 g/mol.